The highest BCUT2D eigenvalue weighted by molar-refractivity contribution is 7.86. The molecular formula is C16H21NO4S. The van der Waals surface area contributed by atoms with E-state index in [9.17, 15) is 8.42 Å². The van der Waals surface area contributed by atoms with Crippen molar-refractivity contribution in [2.45, 2.75) is 11.8 Å². The van der Waals surface area contributed by atoms with Crippen LogP contribution in [0.1, 0.15) is 5.56 Å². The molecule has 0 aliphatic rings. The number of aryl methyl sites for hydroxylation is 1. The Morgan fingerprint density at radius 1 is 0.955 bits per heavy atom. The number of benzene rings is 2. The fraction of sp³-hybridized carbons (Fsp3) is 0.250. The van der Waals surface area contributed by atoms with Crippen molar-refractivity contribution in [2.75, 3.05) is 21.1 Å². The van der Waals surface area contributed by atoms with Gasteiger partial charge in [0.1, 0.15) is 16.4 Å². The van der Waals surface area contributed by atoms with Crippen LogP contribution in [0.5, 0.6) is 11.5 Å². The first-order chi connectivity index (χ1) is 10.2. The predicted octanol–water partition coefficient (Wildman–Crippen LogP) is 3.21. The summed E-state index contributed by atoms with van der Waals surface area (Å²) >= 11 is 0. The van der Waals surface area contributed by atoms with Crippen molar-refractivity contribution >= 4 is 10.1 Å². The zero-order valence-corrected chi connectivity index (χ0v) is 14.0. The molecule has 0 saturated heterocycles. The van der Waals surface area contributed by atoms with Gasteiger partial charge in [-0.15, -0.1) is 0 Å². The topological polar surface area (TPSA) is 66.8 Å². The molecule has 2 aromatic carbocycles. The van der Waals surface area contributed by atoms with Crippen LogP contribution in [0, 0.1) is 6.92 Å². The molecule has 6 heteroatoms. The second kappa shape index (κ2) is 7.93. The van der Waals surface area contributed by atoms with Crippen LogP contribution >= 0.6 is 0 Å². The van der Waals surface area contributed by atoms with Gasteiger partial charge in [0.15, 0.2) is 0 Å². The molecule has 0 bridgehead atoms. The monoisotopic (exact) mass is 323 g/mol. The van der Waals surface area contributed by atoms with Gasteiger partial charge in [-0.05, 0) is 52.3 Å². The van der Waals surface area contributed by atoms with Crippen LogP contribution < -0.4 is 4.74 Å². The maximum absolute atomic E-state index is 11.2. The molecule has 0 heterocycles. The lowest BCUT2D eigenvalue weighted by atomic mass is 10.2. The summed E-state index contributed by atoms with van der Waals surface area (Å²) in [6, 6.07) is 13.1. The molecule has 0 fully saturated rings. The van der Waals surface area contributed by atoms with Gasteiger partial charge in [-0.25, -0.2) is 0 Å². The Morgan fingerprint density at radius 2 is 1.45 bits per heavy atom. The first-order valence-corrected chi connectivity index (χ1v) is 8.06. The van der Waals surface area contributed by atoms with Gasteiger partial charge in [-0.2, -0.15) is 8.42 Å². The lowest BCUT2D eigenvalue weighted by Crippen LogP contribution is -2.00. The Hall–Kier alpha value is -1.89. The molecule has 22 heavy (non-hydrogen) atoms. The van der Waals surface area contributed by atoms with Crippen molar-refractivity contribution < 1.29 is 17.7 Å². The van der Waals surface area contributed by atoms with E-state index in [1.54, 1.807) is 18.2 Å². The normalized spacial score (nSPS) is 10.8. The van der Waals surface area contributed by atoms with E-state index in [1.807, 2.05) is 45.1 Å². The van der Waals surface area contributed by atoms with Gasteiger partial charge < -0.3 is 9.64 Å². The lowest BCUT2D eigenvalue weighted by Gasteiger charge is -2.09. The molecule has 0 aromatic heterocycles. The third-order valence-corrected chi connectivity index (χ3v) is 3.27. The molecule has 0 aliphatic carbocycles. The first kappa shape index (κ1) is 18.2. The largest absolute Gasteiger partial charge is 0.456 e. The summed E-state index contributed by atoms with van der Waals surface area (Å²) in [6.07, 6.45) is 0. The average Bonchev–Trinajstić information content (AvgIpc) is 2.40. The summed E-state index contributed by atoms with van der Waals surface area (Å²) in [6.45, 7) is 1.94. The summed E-state index contributed by atoms with van der Waals surface area (Å²) in [7, 11) is 1.71. The number of hydrogen-bond acceptors (Lipinski definition) is 4. The number of rotatable bonds is 3. The van der Waals surface area contributed by atoms with Crippen LogP contribution in [0.25, 0.3) is 0 Å². The summed E-state index contributed by atoms with van der Waals surface area (Å²) in [4.78, 5) is 1.76. The van der Waals surface area contributed by atoms with Crippen LogP contribution in [0.3, 0.4) is 0 Å². The van der Waals surface area contributed by atoms with Crippen molar-refractivity contribution in [1.29, 1.82) is 0 Å². The average molecular weight is 323 g/mol. The van der Waals surface area contributed by atoms with E-state index in [0.29, 0.717) is 5.75 Å². The van der Waals surface area contributed by atoms with E-state index in [-0.39, 0.29) is 10.6 Å². The van der Waals surface area contributed by atoms with E-state index in [0.717, 1.165) is 5.56 Å². The van der Waals surface area contributed by atoms with Crippen molar-refractivity contribution in [3.63, 3.8) is 0 Å². The Kier molecular flexibility index (Phi) is 6.55. The molecule has 0 saturated carbocycles. The molecular weight excluding hydrogens is 302 g/mol. The number of para-hydroxylation sites is 1. The second-order valence-corrected chi connectivity index (χ2v) is 6.57. The Morgan fingerprint density at radius 3 is 1.95 bits per heavy atom. The van der Waals surface area contributed by atoms with Crippen molar-refractivity contribution in [1.82, 2.24) is 4.90 Å². The standard InChI is InChI=1S/C13H12O4S.C3H9N/c1-10-6-8-11(9-7-10)17-12-4-2-3-5-13(12)18(14,15)16;1-4(2)3/h2-9H,1H3,(H,14,15,16);1-3H3. The van der Waals surface area contributed by atoms with E-state index in [2.05, 4.69) is 0 Å². The third kappa shape index (κ3) is 6.26. The summed E-state index contributed by atoms with van der Waals surface area (Å²) in [5.74, 6) is 0.612. The minimum Gasteiger partial charge on any atom is -0.456 e. The number of hydrogen-bond donors (Lipinski definition) is 1. The van der Waals surface area contributed by atoms with Gasteiger partial charge in [0, 0.05) is 0 Å². The smallest absolute Gasteiger partial charge is 0.298 e. The highest BCUT2D eigenvalue weighted by Gasteiger charge is 2.16. The van der Waals surface area contributed by atoms with Gasteiger partial charge in [0.2, 0.25) is 0 Å². The molecule has 0 amide bonds. The van der Waals surface area contributed by atoms with Crippen LogP contribution in [0.2, 0.25) is 0 Å². The van der Waals surface area contributed by atoms with Gasteiger partial charge >= 0.3 is 0 Å². The van der Waals surface area contributed by atoms with Gasteiger partial charge in [-0.1, -0.05) is 29.8 Å². The zero-order valence-electron chi connectivity index (χ0n) is 13.1. The van der Waals surface area contributed by atoms with Gasteiger partial charge in [0.25, 0.3) is 10.1 Å². The Balaban J connectivity index is 0.000000541. The highest BCUT2D eigenvalue weighted by Crippen LogP contribution is 2.28. The fourth-order valence-electron chi connectivity index (χ4n) is 1.48. The minimum atomic E-state index is -4.29. The van der Waals surface area contributed by atoms with E-state index < -0.39 is 10.1 Å². The summed E-state index contributed by atoms with van der Waals surface area (Å²) < 4.78 is 36.9. The summed E-state index contributed by atoms with van der Waals surface area (Å²) in [5.41, 5.74) is 1.07. The predicted molar refractivity (Wildman–Crippen MR) is 87.1 cm³/mol. The van der Waals surface area contributed by atoms with Crippen LogP contribution in [-0.2, 0) is 10.1 Å². The molecule has 0 spiro atoms. The minimum absolute atomic E-state index is 0.101. The number of nitrogens with zero attached hydrogens (tertiary/aromatic N) is 1. The molecule has 1 N–H and O–H groups in total. The molecule has 0 radical (unpaired) electrons. The molecule has 0 aliphatic heterocycles. The molecule has 2 aromatic rings. The SMILES string of the molecule is CN(C)C.Cc1ccc(Oc2ccccc2S(=O)(=O)O)cc1. The van der Waals surface area contributed by atoms with E-state index in [1.165, 1.54) is 18.2 Å². The van der Waals surface area contributed by atoms with Crippen LogP contribution in [0.4, 0.5) is 0 Å². The maximum atomic E-state index is 11.2. The highest BCUT2D eigenvalue weighted by atomic mass is 32.2. The van der Waals surface area contributed by atoms with Crippen LogP contribution in [-0.4, -0.2) is 39.0 Å². The first-order valence-electron chi connectivity index (χ1n) is 6.62. The molecule has 5 nitrogen and oxygen atoms in total. The lowest BCUT2D eigenvalue weighted by molar-refractivity contribution is 0.450. The van der Waals surface area contributed by atoms with Gasteiger partial charge in [0.05, 0.1) is 0 Å². The second-order valence-electron chi connectivity index (χ2n) is 5.18. The Bertz CT molecular complexity index is 692. The third-order valence-electron chi connectivity index (χ3n) is 2.38. The van der Waals surface area contributed by atoms with Gasteiger partial charge in [-0.3, -0.25) is 4.55 Å². The van der Waals surface area contributed by atoms with E-state index in [4.69, 9.17) is 9.29 Å². The van der Waals surface area contributed by atoms with Crippen molar-refractivity contribution in [3.05, 3.63) is 54.1 Å². The maximum Gasteiger partial charge on any atom is 0.298 e. The molecule has 120 valence electrons. The molecule has 0 atom stereocenters. The van der Waals surface area contributed by atoms with Crippen molar-refractivity contribution in [2.24, 2.45) is 0 Å². The fourth-order valence-corrected chi connectivity index (χ4v) is 2.10. The zero-order chi connectivity index (χ0) is 16.8. The summed E-state index contributed by atoms with van der Waals surface area (Å²) in [5, 5.41) is 0. The quantitative estimate of drug-likeness (QED) is 0.879. The van der Waals surface area contributed by atoms with E-state index >= 15 is 0 Å². The van der Waals surface area contributed by atoms with Crippen molar-refractivity contribution in [3.8, 4) is 11.5 Å². The molecule has 0 unspecified atom stereocenters. The molecule has 2 rings (SSSR count). The number of ether oxygens (including phenoxy) is 1. The Labute approximate surface area is 131 Å². The van der Waals surface area contributed by atoms with Crippen LogP contribution in [0.15, 0.2) is 53.4 Å².